The van der Waals surface area contributed by atoms with Crippen LogP contribution in [0.3, 0.4) is 0 Å². The molecule has 2 aromatic rings. The van der Waals surface area contributed by atoms with Gasteiger partial charge in [0.2, 0.25) is 5.91 Å². The summed E-state index contributed by atoms with van der Waals surface area (Å²) < 4.78 is 0. The molecule has 1 aromatic heterocycles. The third-order valence-electron chi connectivity index (χ3n) is 3.87. The van der Waals surface area contributed by atoms with Gasteiger partial charge in [-0.1, -0.05) is 12.1 Å². The second kappa shape index (κ2) is 6.20. The molecule has 1 N–H and O–H groups in total. The van der Waals surface area contributed by atoms with Gasteiger partial charge in [-0.25, -0.2) is 0 Å². The van der Waals surface area contributed by atoms with Crippen LogP contribution in [0, 0.1) is 13.8 Å². The molecule has 118 valence electrons. The number of pyridine rings is 1. The number of aryl methyl sites for hydroxylation is 2. The molecule has 5 heteroatoms. The van der Waals surface area contributed by atoms with Crippen molar-refractivity contribution in [2.24, 2.45) is 0 Å². The Morgan fingerprint density at radius 3 is 2.35 bits per heavy atom. The van der Waals surface area contributed by atoms with Gasteiger partial charge in [-0.2, -0.15) is 0 Å². The minimum Gasteiger partial charge on any atom is -0.353 e. The van der Waals surface area contributed by atoms with Crippen molar-refractivity contribution in [1.82, 2.24) is 15.2 Å². The molecule has 23 heavy (non-hydrogen) atoms. The van der Waals surface area contributed by atoms with E-state index < -0.39 is 0 Å². The SMILES string of the molecule is Cc1cc(-c2ccc(C(=O)N3CCNC(=O)C3)cc2)cc(C)n1. The van der Waals surface area contributed by atoms with Gasteiger partial charge in [0.15, 0.2) is 0 Å². The van der Waals surface area contributed by atoms with Crippen molar-refractivity contribution in [3.05, 3.63) is 53.3 Å². The lowest BCUT2D eigenvalue weighted by Crippen LogP contribution is -2.49. The van der Waals surface area contributed by atoms with Crippen LogP contribution < -0.4 is 5.32 Å². The van der Waals surface area contributed by atoms with Crippen LogP contribution in [0.1, 0.15) is 21.7 Å². The molecule has 0 atom stereocenters. The lowest BCUT2D eigenvalue weighted by atomic mass is 10.0. The predicted molar refractivity (Wildman–Crippen MR) is 88.1 cm³/mol. The van der Waals surface area contributed by atoms with Crippen molar-refractivity contribution in [1.29, 1.82) is 0 Å². The number of hydrogen-bond acceptors (Lipinski definition) is 3. The highest BCUT2D eigenvalue weighted by atomic mass is 16.2. The van der Waals surface area contributed by atoms with Crippen molar-refractivity contribution in [2.75, 3.05) is 19.6 Å². The fraction of sp³-hybridized carbons (Fsp3) is 0.278. The Bertz CT molecular complexity index is 733. The Labute approximate surface area is 135 Å². The van der Waals surface area contributed by atoms with Gasteiger partial charge in [0.25, 0.3) is 5.91 Å². The van der Waals surface area contributed by atoms with Gasteiger partial charge >= 0.3 is 0 Å². The number of amides is 2. The molecular formula is C18H19N3O2. The number of carbonyl (C=O) groups is 2. The molecule has 0 unspecified atom stereocenters. The van der Waals surface area contributed by atoms with E-state index in [-0.39, 0.29) is 18.4 Å². The highest BCUT2D eigenvalue weighted by Crippen LogP contribution is 2.22. The van der Waals surface area contributed by atoms with E-state index in [1.54, 1.807) is 4.90 Å². The first-order chi connectivity index (χ1) is 11.0. The topological polar surface area (TPSA) is 62.3 Å². The predicted octanol–water partition coefficient (Wildman–Crippen LogP) is 1.94. The van der Waals surface area contributed by atoms with E-state index in [4.69, 9.17) is 0 Å². The van der Waals surface area contributed by atoms with Gasteiger partial charge in [0.05, 0.1) is 6.54 Å². The van der Waals surface area contributed by atoms with Gasteiger partial charge in [0.1, 0.15) is 0 Å². The van der Waals surface area contributed by atoms with Gasteiger partial charge in [-0.3, -0.25) is 14.6 Å². The minimum atomic E-state index is -0.107. The van der Waals surface area contributed by atoms with E-state index in [1.165, 1.54) is 0 Å². The maximum absolute atomic E-state index is 12.4. The van der Waals surface area contributed by atoms with Crippen LogP contribution in [0.25, 0.3) is 11.1 Å². The minimum absolute atomic E-state index is 0.103. The molecule has 2 amide bonds. The number of piperazine rings is 1. The Morgan fingerprint density at radius 2 is 1.74 bits per heavy atom. The standard InChI is InChI=1S/C18H19N3O2/c1-12-9-16(10-13(2)20-12)14-3-5-15(6-4-14)18(23)21-8-7-19-17(22)11-21/h3-6,9-10H,7-8,11H2,1-2H3,(H,19,22). The summed E-state index contributed by atoms with van der Waals surface area (Å²) in [6.45, 7) is 5.13. The molecule has 0 aliphatic carbocycles. The Kier molecular flexibility index (Phi) is 4.10. The molecule has 0 radical (unpaired) electrons. The number of nitrogens with zero attached hydrogens (tertiary/aromatic N) is 2. The zero-order valence-corrected chi connectivity index (χ0v) is 13.3. The lowest BCUT2D eigenvalue weighted by molar-refractivity contribution is -0.123. The van der Waals surface area contributed by atoms with E-state index >= 15 is 0 Å². The zero-order chi connectivity index (χ0) is 16.4. The second-order valence-electron chi connectivity index (χ2n) is 5.79. The smallest absolute Gasteiger partial charge is 0.254 e. The Morgan fingerprint density at radius 1 is 1.09 bits per heavy atom. The number of carbonyl (C=O) groups excluding carboxylic acids is 2. The average molecular weight is 309 g/mol. The first-order valence-corrected chi connectivity index (χ1v) is 7.64. The van der Waals surface area contributed by atoms with E-state index in [0.29, 0.717) is 18.7 Å². The summed E-state index contributed by atoms with van der Waals surface area (Å²) in [7, 11) is 0. The van der Waals surface area contributed by atoms with Crippen LogP contribution in [0.5, 0.6) is 0 Å². The van der Waals surface area contributed by atoms with Gasteiger partial charge < -0.3 is 10.2 Å². The normalized spacial score (nSPS) is 14.5. The summed E-state index contributed by atoms with van der Waals surface area (Å²) >= 11 is 0. The molecule has 1 fully saturated rings. The third kappa shape index (κ3) is 3.39. The number of nitrogens with one attached hydrogen (secondary N) is 1. The fourth-order valence-electron chi connectivity index (χ4n) is 2.80. The summed E-state index contributed by atoms with van der Waals surface area (Å²) in [5.41, 5.74) is 4.68. The Balaban J connectivity index is 1.81. The lowest BCUT2D eigenvalue weighted by Gasteiger charge is -2.26. The fourth-order valence-corrected chi connectivity index (χ4v) is 2.80. The van der Waals surface area contributed by atoms with Crippen molar-refractivity contribution >= 4 is 11.8 Å². The molecule has 0 bridgehead atoms. The molecule has 3 rings (SSSR count). The van der Waals surface area contributed by atoms with Crippen LogP contribution in [0.2, 0.25) is 0 Å². The molecule has 2 heterocycles. The maximum Gasteiger partial charge on any atom is 0.254 e. The summed E-state index contributed by atoms with van der Waals surface area (Å²) in [5, 5.41) is 2.72. The Hall–Kier alpha value is -2.69. The largest absolute Gasteiger partial charge is 0.353 e. The van der Waals surface area contributed by atoms with Gasteiger partial charge in [0, 0.05) is 30.0 Å². The molecule has 1 aliphatic heterocycles. The number of aromatic nitrogens is 1. The van der Waals surface area contributed by atoms with E-state index in [2.05, 4.69) is 10.3 Å². The van der Waals surface area contributed by atoms with Crippen molar-refractivity contribution in [2.45, 2.75) is 13.8 Å². The van der Waals surface area contributed by atoms with Crippen LogP contribution in [-0.4, -0.2) is 41.3 Å². The summed E-state index contributed by atoms with van der Waals surface area (Å²) in [4.78, 5) is 29.8. The summed E-state index contributed by atoms with van der Waals surface area (Å²) in [6, 6.07) is 11.6. The van der Waals surface area contributed by atoms with Crippen molar-refractivity contribution < 1.29 is 9.59 Å². The van der Waals surface area contributed by atoms with Gasteiger partial charge in [-0.15, -0.1) is 0 Å². The second-order valence-corrected chi connectivity index (χ2v) is 5.79. The van der Waals surface area contributed by atoms with Crippen LogP contribution in [-0.2, 0) is 4.79 Å². The van der Waals surface area contributed by atoms with E-state index in [0.717, 1.165) is 22.5 Å². The van der Waals surface area contributed by atoms with Crippen molar-refractivity contribution in [3.8, 4) is 11.1 Å². The average Bonchev–Trinajstić information content (AvgIpc) is 2.53. The summed E-state index contributed by atoms with van der Waals surface area (Å²) in [6.07, 6.45) is 0. The quantitative estimate of drug-likeness (QED) is 0.922. The first-order valence-electron chi connectivity index (χ1n) is 7.64. The molecule has 0 saturated carbocycles. The first kappa shape index (κ1) is 15.2. The number of hydrogen-bond donors (Lipinski definition) is 1. The number of benzene rings is 1. The summed E-state index contributed by atoms with van der Waals surface area (Å²) in [5.74, 6) is -0.211. The van der Waals surface area contributed by atoms with Crippen LogP contribution in [0.4, 0.5) is 0 Å². The maximum atomic E-state index is 12.4. The molecule has 1 aromatic carbocycles. The zero-order valence-electron chi connectivity index (χ0n) is 13.3. The number of rotatable bonds is 2. The van der Waals surface area contributed by atoms with Crippen LogP contribution >= 0.6 is 0 Å². The van der Waals surface area contributed by atoms with Crippen LogP contribution in [0.15, 0.2) is 36.4 Å². The monoisotopic (exact) mass is 309 g/mol. The van der Waals surface area contributed by atoms with Gasteiger partial charge in [-0.05, 0) is 49.2 Å². The third-order valence-corrected chi connectivity index (χ3v) is 3.87. The van der Waals surface area contributed by atoms with E-state index in [1.807, 2.05) is 50.2 Å². The van der Waals surface area contributed by atoms with E-state index in [9.17, 15) is 9.59 Å². The molecule has 0 spiro atoms. The molecule has 1 saturated heterocycles. The molecule has 1 aliphatic rings. The molecular weight excluding hydrogens is 290 g/mol. The highest BCUT2D eigenvalue weighted by molar-refractivity contribution is 5.97. The molecule has 5 nitrogen and oxygen atoms in total. The highest BCUT2D eigenvalue weighted by Gasteiger charge is 2.22. The van der Waals surface area contributed by atoms with Crippen molar-refractivity contribution in [3.63, 3.8) is 0 Å².